The molecule has 0 fully saturated rings. The molecule has 0 saturated carbocycles. The van der Waals surface area contributed by atoms with Crippen LogP contribution in [-0.2, 0) is 4.79 Å². The minimum atomic E-state index is -0.388. The summed E-state index contributed by atoms with van der Waals surface area (Å²) in [6.45, 7) is 7.50. The number of likely N-dealkylation sites (N-methyl/N-ethyl adjacent to an activating group) is 1. The lowest BCUT2D eigenvalue weighted by molar-refractivity contribution is -0.112. The number of fused-ring (bicyclic) bond motifs is 1. The van der Waals surface area contributed by atoms with E-state index in [1.807, 2.05) is 32.9 Å². The molecule has 1 heterocycles. The average molecular weight is 355 g/mol. The average Bonchev–Trinajstić information content (AvgIpc) is 2.76. The maximum Gasteiger partial charge on any atom is 0.259 e. The number of carbonyl (C=O) groups is 1. The lowest BCUT2D eigenvalue weighted by Crippen LogP contribution is -2.36. The minimum Gasteiger partial charge on any atom is -0.379 e. The molecular weight excluding hydrogens is 336 g/mol. The van der Waals surface area contributed by atoms with Crippen molar-refractivity contribution in [2.24, 2.45) is 0 Å². The van der Waals surface area contributed by atoms with Gasteiger partial charge in [0.2, 0.25) is 0 Å². The van der Waals surface area contributed by atoms with Crippen LogP contribution in [0.15, 0.2) is 35.0 Å². The molecule has 0 bridgehead atoms. The number of hydrogen-bond acceptors (Lipinski definition) is 4. The topological polar surface area (TPSA) is 79.9 Å². The van der Waals surface area contributed by atoms with Gasteiger partial charge in [-0.05, 0) is 51.5 Å². The summed E-state index contributed by atoms with van der Waals surface area (Å²) in [6, 6.07) is 9.06. The minimum absolute atomic E-state index is 0.0640. The van der Waals surface area contributed by atoms with E-state index in [-0.39, 0.29) is 17.0 Å². The Bertz CT molecular complexity index is 875. The molecule has 1 aliphatic heterocycles. The van der Waals surface area contributed by atoms with Crippen molar-refractivity contribution in [1.29, 1.82) is 10.5 Å². The highest BCUT2D eigenvalue weighted by Gasteiger charge is 2.33. The van der Waals surface area contributed by atoms with Crippen molar-refractivity contribution in [3.63, 3.8) is 0 Å². The number of hydrogen-bond donors (Lipinski definition) is 1. The molecule has 5 nitrogen and oxygen atoms in total. The molecule has 0 radical (unpaired) electrons. The Balaban J connectivity index is 2.79. The molecular formula is C19H19ClN4O. The van der Waals surface area contributed by atoms with Crippen LogP contribution in [0.3, 0.4) is 0 Å². The van der Waals surface area contributed by atoms with Crippen LogP contribution in [0.2, 0.25) is 5.02 Å². The largest absolute Gasteiger partial charge is 0.379 e. The molecule has 1 aromatic carbocycles. The molecule has 128 valence electrons. The van der Waals surface area contributed by atoms with Crippen molar-refractivity contribution in [2.45, 2.75) is 33.2 Å². The number of allylic oxidation sites excluding steroid dienone is 2. The van der Waals surface area contributed by atoms with Crippen LogP contribution in [0.5, 0.6) is 0 Å². The van der Waals surface area contributed by atoms with Crippen molar-refractivity contribution < 1.29 is 4.79 Å². The number of rotatable bonds is 2. The van der Waals surface area contributed by atoms with Gasteiger partial charge in [-0.3, -0.25) is 4.79 Å². The highest BCUT2D eigenvalue weighted by atomic mass is 35.5. The third-order valence-corrected chi connectivity index (χ3v) is 4.07. The first-order valence-electron chi connectivity index (χ1n) is 7.72. The van der Waals surface area contributed by atoms with E-state index in [1.165, 1.54) is 4.90 Å². The Labute approximate surface area is 152 Å². The second-order valence-electron chi connectivity index (χ2n) is 6.87. The Morgan fingerprint density at radius 1 is 1.24 bits per heavy atom. The molecule has 1 aromatic rings. The third kappa shape index (κ3) is 3.52. The van der Waals surface area contributed by atoms with Crippen LogP contribution in [0.1, 0.15) is 33.3 Å². The number of nitrogens with zero attached hydrogens (tertiary/aromatic N) is 3. The predicted molar refractivity (Wildman–Crippen MR) is 98.6 cm³/mol. The second kappa shape index (κ2) is 6.63. The summed E-state index contributed by atoms with van der Waals surface area (Å²) >= 11 is 6.11. The number of nitriles is 2. The number of halogens is 1. The summed E-state index contributed by atoms with van der Waals surface area (Å²) < 4.78 is 0. The van der Waals surface area contributed by atoms with Gasteiger partial charge in [0.15, 0.2) is 5.57 Å². The van der Waals surface area contributed by atoms with Gasteiger partial charge in [-0.25, -0.2) is 0 Å². The second-order valence-corrected chi connectivity index (χ2v) is 7.31. The normalized spacial score (nSPS) is 15.2. The molecule has 1 N–H and O–H groups in total. The standard InChI is InChI=1S/C19H19ClN4O/c1-11(17(12(9-21)10-22)23-19(2,3)4)16-14-8-13(20)6-7-15(14)24(5)18(16)25/h6-8,23H,1-5H3/b16-11-. The van der Waals surface area contributed by atoms with Gasteiger partial charge >= 0.3 is 0 Å². The highest BCUT2D eigenvalue weighted by molar-refractivity contribution is 6.35. The maximum absolute atomic E-state index is 12.8. The molecule has 0 aromatic heterocycles. The summed E-state index contributed by atoms with van der Waals surface area (Å²) in [5.74, 6) is -0.196. The molecule has 1 amide bonds. The SMILES string of the molecule is C/C(C(NC(C)(C)C)=C(C#N)C#N)=C1/C(=O)N(C)c2ccc(Cl)cc21. The van der Waals surface area contributed by atoms with E-state index in [4.69, 9.17) is 11.6 Å². The first-order chi connectivity index (χ1) is 11.6. The molecule has 25 heavy (non-hydrogen) atoms. The van der Waals surface area contributed by atoms with Gasteiger partial charge in [0, 0.05) is 23.2 Å². The van der Waals surface area contributed by atoms with Crippen molar-refractivity contribution in [1.82, 2.24) is 5.32 Å². The Kier molecular flexibility index (Phi) is 4.92. The van der Waals surface area contributed by atoms with Crippen LogP contribution in [0.4, 0.5) is 5.69 Å². The zero-order chi connectivity index (χ0) is 18.9. The summed E-state index contributed by atoms with van der Waals surface area (Å²) in [5.41, 5.74) is 2.34. The van der Waals surface area contributed by atoms with Crippen LogP contribution in [0, 0.1) is 22.7 Å². The van der Waals surface area contributed by atoms with Gasteiger partial charge in [-0.1, -0.05) is 11.6 Å². The Hall–Kier alpha value is -2.76. The highest BCUT2D eigenvalue weighted by Crippen LogP contribution is 2.40. The van der Waals surface area contributed by atoms with Crippen molar-refractivity contribution in [3.8, 4) is 12.1 Å². The van der Waals surface area contributed by atoms with Crippen molar-refractivity contribution in [2.75, 3.05) is 11.9 Å². The van der Waals surface area contributed by atoms with Crippen LogP contribution < -0.4 is 10.2 Å². The fourth-order valence-electron chi connectivity index (χ4n) is 2.74. The number of amides is 1. The molecule has 6 heteroatoms. The monoisotopic (exact) mass is 354 g/mol. The molecule has 2 rings (SSSR count). The van der Waals surface area contributed by atoms with Crippen LogP contribution in [-0.4, -0.2) is 18.5 Å². The van der Waals surface area contributed by atoms with Crippen molar-refractivity contribution >= 4 is 28.8 Å². The van der Waals surface area contributed by atoms with E-state index in [0.29, 0.717) is 27.4 Å². The molecule has 0 saturated heterocycles. The third-order valence-electron chi connectivity index (χ3n) is 3.83. The summed E-state index contributed by atoms with van der Waals surface area (Å²) in [5, 5.41) is 22.4. The maximum atomic E-state index is 12.8. The number of carbonyl (C=O) groups excluding carboxylic acids is 1. The number of anilines is 1. The van der Waals surface area contributed by atoms with E-state index >= 15 is 0 Å². The zero-order valence-corrected chi connectivity index (χ0v) is 15.6. The van der Waals surface area contributed by atoms with Crippen LogP contribution in [0.25, 0.3) is 5.57 Å². The zero-order valence-electron chi connectivity index (χ0n) is 14.9. The van der Waals surface area contributed by atoms with Gasteiger partial charge in [-0.15, -0.1) is 0 Å². The fraction of sp³-hybridized carbons (Fsp3) is 0.316. The fourth-order valence-corrected chi connectivity index (χ4v) is 2.91. The predicted octanol–water partition coefficient (Wildman–Crippen LogP) is 3.78. The van der Waals surface area contributed by atoms with Gasteiger partial charge in [-0.2, -0.15) is 10.5 Å². The Morgan fingerprint density at radius 3 is 2.36 bits per heavy atom. The molecule has 0 unspecified atom stereocenters. The van der Waals surface area contributed by atoms with Gasteiger partial charge in [0.25, 0.3) is 5.91 Å². The number of benzene rings is 1. The summed E-state index contributed by atoms with van der Waals surface area (Å²) in [4.78, 5) is 14.3. The van der Waals surface area contributed by atoms with Crippen LogP contribution >= 0.6 is 11.6 Å². The van der Waals surface area contributed by atoms with Gasteiger partial charge < -0.3 is 10.2 Å². The van der Waals surface area contributed by atoms with E-state index in [1.54, 1.807) is 32.2 Å². The van der Waals surface area contributed by atoms with Crippen molar-refractivity contribution in [3.05, 3.63) is 45.6 Å². The number of nitrogens with one attached hydrogen (secondary N) is 1. The van der Waals surface area contributed by atoms with Gasteiger partial charge in [0.05, 0.1) is 17.0 Å². The Morgan fingerprint density at radius 2 is 1.84 bits per heavy atom. The molecule has 1 aliphatic rings. The lowest BCUT2D eigenvalue weighted by Gasteiger charge is -2.25. The van der Waals surface area contributed by atoms with E-state index in [2.05, 4.69) is 5.32 Å². The van der Waals surface area contributed by atoms with E-state index < -0.39 is 0 Å². The molecule has 0 spiro atoms. The quantitative estimate of drug-likeness (QED) is 0.647. The first kappa shape index (κ1) is 18.6. The van der Waals surface area contributed by atoms with Gasteiger partial charge in [0.1, 0.15) is 12.1 Å². The molecule has 0 aliphatic carbocycles. The van der Waals surface area contributed by atoms with E-state index in [0.717, 1.165) is 5.69 Å². The lowest BCUT2D eigenvalue weighted by atomic mass is 9.96. The molecule has 0 atom stereocenters. The smallest absolute Gasteiger partial charge is 0.259 e. The van der Waals surface area contributed by atoms with E-state index in [9.17, 15) is 15.3 Å². The summed E-state index contributed by atoms with van der Waals surface area (Å²) in [7, 11) is 1.69. The first-order valence-corrected chi connectivity index (χ1v) is 8.10. The summed E-state index contributed by atoms with van der Waals surface area (Å²) in [6.07, 6.45) is 0.